The van der Waals surface area contributed by atoms with Crippen molar-refractivity contribution in [3.05, 3.63) is 43.0 Å². The zero-order valence-electron chi connectivity index (χ0n) is 12.7. The maximum atomic E-state index is 12.1. The molecule has 0 aliphatic carbocycles. The molecule has 0 saturated carbocycles. The van der Waals surface area contributed by atoms with E-state index in [0.717, 1.165) is 19.5 Å². The van der Waals surface area contributed by atoms with Crippen LogP contribution in [0.5, 0.6) is 0 Å². The number of carbonyl (C=O) groups excluding carboxylic acids is 1. The second-order valence-corrected chi connectivity index (χ2v) is 5.73. The van der Waals surface area contributed by atoms with Gasteiger partial charge in [0.05, 0.1) is 0 Å². The van der Waals surface area contributed by atoms with Crippen molar-refractivity contribution in [3.8, 4) is 0 Å². The first-order valence-electron chi connectivity index (χ1n) is 7.66. The van der Waals surface area contributed by atoms with Crippen LogP contribution in [0.25, 0.3) is 0 Å². The molecule has 3 rings (SSSR count). The third-order valence-corrected chi connectivity index (χ3v) is 4.19. The van der Waals surface area contributed by atoms with E-state index < -0.39 is 0 Å². The van der Waals surface area contributed by atoms with Gasteiger partial charge in [0, 0.05) is 25.3 Å². The number of carbonyl (C=O) groups is 1. The average molecular weight is 299 g/mol. The normalized spacial score (nSPS) is 19.1. The minimum Gasteiger partial charge on any atom is -0.371 e. The Labute approximate surface area is 130 Å². The number of aromatic nitrogens is 3. The monoisotopic (exact) mass is 299 g/mol. The second kappa shape index (κ2) is 6.60. The van der Waals surface area contributed by atoms with Crippen molar-refractivity contribution >= 4 is 11.6 Å². The lowest BCUT2D eigenvalue weighted by Crippen LogP contribution is -2.35. The number of amides is 1. The SMILES string of the molecule is C[C@H](C(=O)NC[C@@H]1CCN(c2ccccc2)C1)n1cncn1. The van der Waals surface area contributed by atoms with Crippen LogP contribution in [-0.4, -0.2) is 40.3 Å². The quantitative estimate of drug-likeness (QED) is 0.908. The molecule has 2 aromatic rings. The molecule has 1 aromatic carbocycles. The van der Waals surface area contributed by atoms with E-state index in [0.29, 0.717) is 12.5 Å². The predicted molar refractivity (Wildman–Crippen MR) is 84.5 cm³/mol. The van der Waals surface area contributed by atoms with Crippen LogP contribution >= 0.6 is 0 Å². The molecule has 1 aliphatic heterocycles. The molecule has 6 heteroatoms. The van der Waals surface area contributed by atoms with Gasteiger partial charge in [-0.2, -0.15) is 5.10 Å². The van der Waals surface area contributed by atoms with Crippen molar-refractivity contribution in [2.75, 3.05) is 24.5 Å². The van der Waals surface area contributed by atoms with Gasteiger partial charge in [0.25, 0.3) is 0 Å². The number of benzene rings is 1. The maximum absolute atomic E-state index is 12.1. The predicted octanol–water partition coefficient (Wildman–Crippen LogP) is 1.48. The molecule has 1 fully saturated rings. The van der Waals surface area contributed by atoms with E-state index in [1.165, 1.54) is 12.0 Å². The highest BCUT2D eigenvalue weighted by molar-refractivity contribution is 5.79. The standard InChI is InChI=1S/C16H21N5O/c1-13(21-12-17-11-19-21)16(22)18-9-14-7-8-20(10-14)15-5-3-2-4-6-15/h2-6,11-14H,7-10H2,1H3,(H,18,22)/t13-,14+/m1/s1. The fraction of sp³-hybridized carbons (Fsp3) is 0.438. The van der Waals surface area contributed by atoms with Crippen molar-refractivity contribution in [3.63, 3.8) is 0 Å². The first-order chi connectivity index (χ1) is 10.7. The largest absolute Gasteiger partial charge is 0.371 e. The van der Waals surface area contributed by atoms with Gasteiger partial charge in [0.15, 0.2) is 0 Å². The zero-order valence-corrected chi connectivity index (χ0v) is 12.7. The highest BCUT2D eigenvalue weighted by atomic mass is 16.2. The molecule has 0 bridgehead atoms. The van der Waals surface area contributed by atoms with E-state index in [1.54, 1.807) is 11.0 Å². The van der Waals surface area contributed by atoms with Crippen LogP contribution in [0.4, 0.5) is 5.69 Å². The molecule has 116 valence electrons. The number of anilines is 1. The van der Waals surface area contributed by atoms with E-state index in [1.807, 2.05) is 13.0 Å². The minimum absolute atomic E-state index is 0.0105. The molecule has 1 N–H and O–H groups in total. The topological polar surface area (TPSA) is 63.1 Å². The fourth-order valence-corrected chi connectivity index (χ4v) is 2.80. The summed E-state index contributed by atoms with van der Waals surface area (Å²) in [6.45, 7) is 4.57. The van der Waals surface area contributed by atoms with E-state index in [-0.39, 0.29) is 11.9 Å². The number of rotatable bonds is 5. The van der Waals surface area contributed by atoms with Gasteiger partial charge in [-0.1, -0.05) is 18.2 Å². The maximum Gasteiger partial charge on any atom is 0.244 e. The molecule has 1 saturated heterocycles. The van der Waals surface area contributed by atoms with Crippen molar-refractivity contribution in [2.24, 2.45) is 5.92 Å². The summed E-state index contributed by atoms with van der Waals surface area (Å²) in [4.78, 5) is 18.4. The Morgan fingerprint density at radius 3 is 2.95 bits per heavy atom. The molecule has 2 heterocycles. The molecule has 1 aromatic heterocycles. The molecular weight excluding hydrogens is 278 g/mol. The summed E-state index contributed by atoms with van der Waals surface area (Å²) in [6.07, 6.45) is 4.11. The summed E-state index contributed by atoms with van der Waals surface area (Å²) >= 11 is 0. The molecular formula is C16H21N5O. The Balaban J connectivity index is 1.48. The smallest absolute Gasteiger partial charge is 0.244 e. The average Bonchev–Trinajstić information content (AvgIpc) is 3.24. The molecule has 22 heavy (non-hydrogen) atoms. The summed E-state index contributed by atoms with van der Waals surface area (Å²) in [5.41, 5.74) is 1.26. The molecule has 6 nitrogen and oxygen atoms in total. The van der Waals surface area contributed by atoms with E-state index in [9.17, 15) is 4.79 Å². The number of nitrogens with zero attached hydrogens (tertiary/aromatic N) is 4. The molecule has 0 spiro atoms. The Hall–Kier alpha value is -2.37. The number of hydrogen-bond acceptors (Lipinski definition) is 4. The Bertz CT molecular complexity index is 598. The van der Waals surface area contributed by atoms with E-state index >= 15 is 0 Å². The Morgan fingerprint density at radius 2 is 2.23 bits per heavy atom. The van der Waals surface area contributed by atoms with E-state index in [4.69, 9.17) is 0 Å². The molecule has 0 unspecified atom stereocenters. The fourth-order valence-electron chi connectivity index (χ4n) is 2.80. The van der Waals surface area contributed by atoms with Crippen molar-refractivity contribution < 1.29 is 4.79 Å². The number of hydrogen-bond donors (Lipinski definition) is 1. The summed E-state index contributed by atoms with van der Waals surface area (Å²) in [7, 11) is 0. The van der Waals surface area contributed by atoms with Gasteiger partial charge in [-0.25, -0.2) is 9.67 Å². The van der Waals surface area contributed by atoms with Crippen molar-refractivity contribution in [1.82, 2.24) is 20.1 Å². The van der Waals surface area contributed by atoms with Gasteiger partial charge in [-0.3, -0.25) is 4.79 Å². The summed E-state index contributed by atoms with van der Waals surface area (Å²) < 4.78 is 1.57. The van der Waals surface area contributed by atoms with Crippen LogP contribution in [0.3, 0.4) is 0 Å². The van der Waals surface area contributed by atoms with Crippen LogP contribution in [-0.2, 0) is 4.79 Å². The van der Waals surface area contributed by atoms with Gasteiger partial charge in [0.2, 0.25) is 5.91 Å². The first-order valence-corrected chi connectivity index (χ1v) is 7.66. The number of nitrogens with one attached hydrogen (secondary N) is 1. The number of para-hydroxylation sites is 1. The minimum atomic E-state index is -0.325. The van der Waals surface area contributed by atoms with Gasteiger partial charge in [-0.15, -0.1) is 0 Å². The van der Waals surface area contributed by atoms with Gasteiger partial charge in [0.1, 0.15) is 18.7 Å². The Morgan fingerprint density at radius 1 is 1.41 bits per heavy atom. The lowest BCUT2D eigenvalue weighted by Gasteiger charge is -2.19. The lowest BCUT2D eigenvalue weighted by molar-refractivity contribution is -0.124. The van der Waals surface area contributed by atoms with E-state index in [2.05, 4.69) is 44.6 Å². The van der Waals surface area contributed by atoms with Crippen molar-refractivity contribution in [1.29, 1.82) is 0 Å². The second-order valence-electron chi connectivity index (χ2n) is 5.73. The molecule has 1 amide bonds. The van der Waals surface area contributed by atoms with Crippen LogP contribution < -0.4 is 10.2 Å². The highest BCUT2D eigenvalue weighted by Crippen LogP contribution is 2.23. The van der Waals surface area contributed by atoms with Crippen LogP contribution in [0.1, 0.15) is 19.4 Å². The molecule has 0 radical (unpaired) electrons. The van der Waals surface area contributed by atoms with Gasteiger partial charge < -0.3 is 10.2 Å². The van der Waals surface area contributed by atoms with Crippen LogP contribution in [0.15, 0.2) is 43.0 Å². The van der Waals surface area contributed by atoms with Gasteiger partial charge >= 0.3 is 0 Å². The third-order valence-electron chi connectivity index (χ3n) is 4.19. The molecule has 2 atom stereocenters. The first kappa shape index (κ1) is 14.6. The summed E-state index contributed by atoms with van der Waals surface area (Å²) in [5, 5.41) is 7.04. The van der Waals surface area contributed by atoms with Crippen LogP contribution in [0.2, 0.25) is 0 Å². The summed E-state index contributed by atoms with van der Waals surface area (Å²) in [5.74, 6) is 0.482. The zero-order chi connectivity index (χ0) is 15.4. The third kappa shape index (κ3) is 3.27. The lowest BCUT2D eigenvalue weighted by atomic mass is 10.1. The summed E-state index contributed by atoms with van der Waals surface area (Å²) in [6, 6.07) is 10.1. The van der Waals surface area contributed by atoms with Crippen molar-refractivity contribution in [2.45, 2.75) is 19.4 Å². The Kier molecular flexibility index (Phi) is 4.37. The molecule has 1 aliphatic rings. The van der Waals surface area contributed by atoms with Crippen LogP contribution in [0, 0.1) is 5.92 Å². The highest BCUT2D eigenvalue weighted by Gasteiger charge is 2.24. The van der Waals surface area contributed by atoms with Gasteiger partial charge in [-0.05, 0) is 31.4 Å².